The molecule has 1 fully saturated rings. The number of carbonyl (C=O) groups is 2. The number of hydrogen-bond donors (Lipinski definition) is 2. The molecule has 3 aromatic rings. The van der Waals surface area contributed by atoms with Gasteiger partial charge < -0.3 is 11.1 Å². The van der Waals surface area contributed by atoms with Gasteiger partial charge >= 0.3 is 0 Å². The number of hydrogen-bond acceptors (Lipinski definition) is 3. The standard InChI is InChI=1S/C23H19F2N3O2/c24-17-7-3-15(4-8-17)23(16-5-9-18(25)10-6-16)21(14-2-1-11-27-13-14)19(12-20(26)29)22(30)28-23/h1-11,13,19,21H,12H2,(H2,26,29)(H,28,30). The second-order valence-electron chi connectivity index (χ2n) is 7.35. The third-order valence-electron chi connectivity index (χ3n) is 5.59. The highest BCUT2D eigenvalue weighted by Gasteiger charge is 2.56. The molecule has 0 bridgehead atoms. The van der Waals surface area contributed by atoms with Crippen LogP contribution in [-0.4, -0.2) is 16.8 Å². The minimum Gasteiger partial charge on any atom is -0.370 e. The number of amides is 2. The Hall–Kier alpha value is -3.61. The fraction of sp³-hybridized carbons (Fsp3) is 0.174. The first-order valence-electron chi connectivity index (χ1n) is 9.44. The zero-order valence-electron chi connectivity index (χ0n) is 15.9. The van der Waals surface area contributed by atoms with Crippen LogP contribution in [0.5, 0.6) is 0 Å². The number of nitrogens with one attached hydrogen (secondary N) is 1. The second kappa shape index (κ2) is 7.67. The molecule has 1 aliphatic heterocycles. The van der Waals surface area contributed by atoms with E-state index >= 15 is 0 Å². The van der Waals surface area contributed by atoms with E-state index in [1.54, 1.807) is 42.7 Å². The Morgan fingerprint density at radius 3 is 2.03 bits per heavy atom. The van der Waals surface area contributed by atoms with Gasteiger partial charge in [0.2, 0.25) is 11.8 Å². The fourth-order valence-corrected chi connectivity index (χ4v) is 4.38. The molecule has 2 heterocycles. The molecule has 30 heavy (non-hydrogen) atoms. The number of nitrogens with zero attached hydrogens (tertiary/aromatic N) is 1. The predicted molar refractivity (Wildman–Crippen MR) is 106 cm³/mol. The van der Waals surface area contributed by atoms with Crippen LogP contribution in [0.1, 0.15) is 29.0 Å². The van der Waals surface area contributed by atoms with Gasteiger partial charge in [0.15, 0.2) is 0 Å². The molecular formula is C23H19F2N3O2. The van der Waals surface area contributed by atoms with Crippen molar-refractivity contribution in [3.8, 4) is 0 Å². The van der Waals surface area contributed by atoms with Gasteiger partial charge in [0, 0.05) is 24.7 Å². The Labute approximate surface area is 171 Å². The Kier molecular flexibility index (Phi) is 5.03. The van der Waals surface area contributed by atoms with Gasteiger partial charge in [-0.1, -0.05) is 30.3 Å². The van der Waals surface area contributed by atoms with E-state index in [-0.39, 0.29) is 12.3 Å². The van der Waals surface area contributed by atoms with E-state index in [2.05, 4.69) is 10.3 Å². The number of benzene rings is 2. The minimum absolute atomic E-state index is 0.171. The smallest absolute Gasteiger partial charge is 0.225 e. The molecule has 5 nitrogen and oxygen atoms in total. The molecule has 0 radical (unpaired) electrons. The molecule has 2 aromatic carbocycles. The number of nitrogens with two attached hydrogens (primary N) is 1. The largest absolute Gasteiger partial charge is 0.370 e. The lowest BCUT2D eigenvalue weighted by Crippen LogP contribution is -2.43. The number of halogens is 2. The summed E-state index contributed by atoms with van der Waals surface area (Å²) in [5, 5.41) is 3.02. The number of carbonyl (C=O) groups excluding carboxylic acids is 2. The van der Waals surface area contributed by atoms with Crippen LogP contribution in [0.2, 0.25) is 0 Å². The van der Waals surface area contributed by atoms with Crippen LogP contribution in [0.3, 0.4) is 0 Å². The fourth-order valence-electron chi connectivity index (χ4n) is 4.38. The molecule has 0 spiro atoms. The topological polar surface area (TPSA) is 85.1 Å². The summed E-state index contributed by atoms with van der Waals surface area (Å²) in [5.74, 6) is -3.19. The Bertz CT molecular complexity index is 1020. The lowest BCUT2D eigenvalue weighted by molar-refractivity contribution is -0.127. The van der Waals surface area contributed by atoms with E-state index in [4.69, 9.17) is 5.73 Å². The summed E-state index contributed by atoms with van der Waals surface area (Å²) >= 11 is 0. The maximum absolute atomic E-state index is 13.7. The van der Waals surface area contributed by atoms with Crippen molar-refractivity contribution in [1.82, 2.24) is 10.3 Å². The highest BCUT2D eigenvalue weighted by atomic mass is 19.1. The van der Waals surface area contributed by atoms with Crippen molar-refractivity contribution in [1.29, 1.82) is 0 Å². The van der Waals surface area contributed by atoms with Crippen LogP contribution >= 0.6 is 0 Å². The van der Waals surface area contributed by atoms with Crippen molar-refractivity contribution in [2.24, 2.45) is 11.7 Å². The van der Waals surface area contributed by atoms with E-state index in [9.17, 15) is 18.4 Å². The van der Waals surface area contributed by atoms with E-state index in [0.717, 1.165) is 0 Å². The molecule has 1 aromatic heterocycles. The maximum atomic E-state index is 13.7. The number of rotatable bonds is 5. The highest BCUT2D eigenvalue weighted by molar-refractivity contribution is 5.90. The summed E-state index contributed by atoms with van der Waals surface area (Å²) in [6.07, 6.45) is 3.06. The molecule has 0 aliphatic carbocycles. The van der Waals surface area contributed by atoms with Gasteiger partial charge in [-0.15, -0.1) is 0 Å². The van der Waals surface area contributed by atoms with Crippen LogP contribution in [-0.2, 0) is 15.1 Å². The lowest BCUT2D eigenvalue weighted by Gasteiger charge is -2.38. The first-order valence-corrected chi connectivity index (χ1v) is 9.44. The predicted octanol–water partition coefficient (Wildman–Crippen LogP) is 3.01. The van der Waals surface area contributed by atoms with Crippen LogP contribution in [0.4, 0.5) is 8.78 Å². The highest BCUT2D eigenvalue weighted by Crippen LogP contribution is 2.51. The molecule has 0 saturated carbocycles. The SMILES string of the molecule is NC(=O)CC1C(=O)NC(c2ccc(F)cc2)(c2ccc(F)cc2)C1c1cccnc1. The van der Waals surface area contributed by atoms with Crippen molar-refractivity contribution in [2.75, 3.05) is 0 Å². The monoisotopic (exact) mass is 407 g/mol. The number of pyridine rings is 1. The summed E-state index contributed by atoms with van der Waals surface area (Å²) in [4.78, 5) is 29.1. The normalized spacial score (nSPS) is 20.0. The third-order valence-corrected chi connectivity index (χ3v) is 5.59. The molecule has 1 saturated heterocycles. The Morgan fingerprint density at radius 2 is 1.57 bits per heavy atom. The molecule has 2 amide bonds. The average Bonchev–Trinajstić information content (AvgIpc) is 3.02. The molecule has 1 aliphatic rings. The lowest BCUT2D eigenvalue weighted by atomic mass is 9.68. The first-order chi connectivity index (χ1) is 14.4. The quantitative estimate of drug-likeness (QED) is 0.682. The molecule has 2 unspecified atom stereocenters. The molecule has 4 rings (SSSR count). The van der Waals surface area contributed by atoms with E-state index < -0.39 is 34.9 Å². The maximum Gasteiger partial charge on any atom is 0.225 e. The van der Waals surface area contributed by atoms with Gasteiger partial charge in [-0.05, 0) is 47.0 Å². The zero-order chi connectivity index (χ0) is 21.3. The molecule has 152 valence electrons. The summed E-state index contributed by atoms with van der Waals surface area (Å²) in [6, 6.07) is 15.1. The van der Waals surface area contributed by atoms with Crippen LogP contribution < -0.4 is 11.1 Å². The average molecular weight is 407 g/mol. The minimum atomic E-state index is -1.17. The van der Waals surface area contributed by atoms with Crippen molar-refractivity contribution in [3.63, 3.8) is 0 Å². The Balaban J connectivity index is 2.00. The van der Waals surface area contributed by atoms with Crippen molar-refractivity contribution >= 4 is 11.8 Å². The van der Waals surface area contributed by atoms with E-state index in [0.29, 0.717) is 16.7 Å². The first kappa shape index (κ1) is 19.7. The van der Waals surface area contributed by atoms with Gasteiger partial charge in [0.1, 0.15) is 11.6 Å². The van der Waals surface area contributed by atoms with Gasteiger partial charge in [0.05, 0.1) is 11.5 Å². The molecule has 7 heteroatoms. The molecular weight excluding hydrogens is 388 g/mol. The number of aromatic nitrogens is 1. The summed E-state index contributed by atoms with van der Waals surface area (Å²) in [5.41, 5.74) is 6.19. The van der Waals surface area contributed by atoms with Gasteiger partial charge in [-0.2, -0.15) is 0 Å². The molecule has 2 atom stereocenters. The van der Waals surface area contributed by atoms with Crippen molar-refractivity contribution in [2.45, 2.75) is 17.9 Å². The van der Waals surface area contributed by atoms with E-state index in [1.165, 1.54) is 24.3 Å². The van der Waals surface area contributed by atoms with Crippen molar-refractivity contribution < 1.29 is 18.4 Å². The molecule has 3 N–H and O–H groups in total. The van der Waals surface area contributed by atoms with Gasteiger partial charge in [0.25, 0.3) is 0 Å². The summed E-state index contributed by atoms with van der Waals surface area (Å²) < 4.78 is 27.4. The van der Waals surface area contributed by atoms with Crippen LogP contribution in [0.15, 0.2) is 73.1 Å². The Morgan fingerprint density at radius 1 is 1.00 bits per heavy atom. The van der Waals surface area contributed by atoms with E-state index in [1.807, 2.05) is 6.07 Å². The van der Waals surface area contributed by atoms with Gasteiger partial charge in [-0.3, -0.25) is 14.6 Å². The second-order valence-corrected chi connectivity index (χ2v) is 7.35. The van der Waals surface area contributed by atoms with Gasteiger partial charge in [-0.25, -0.2) is 8.78 Å². The summed E-state index contributed by atoms with van der Waals surface area (Å²) in [7, 11) is 0. The summed E-state index contributed by atoms with van der Waals surface area (Å²) in [6.45, 7) is 0. The third kappa shape index (κ3) is 3.32. The van der Waals surface area contributed by atoms with Crippen LogP contribution in [0, 0.1) is 17.6 Å². The number of primary amides is 1. The zero-order valence-corrected chi connectivity index (χ0v) is 15.9. The van der Waals surface area contributed by atoms with Crippen molar-refractivity contribution in [3.05, 3.63) is 101 Å². The van der Waals surface area contributed by atoms with Crippen LogP contribution in [0.25, 0.3) is 0 Å².